The average Bonchev–Trinajstić information content (AvgIpc) is 2.73. The van der Waals surface area contributed by atoms with Crippen molar-refractivity contribution in [3.63, 3.8) is 0 Å². The van der Waals surface area contributed by atoms with Gasteiger partial charge < -0.3 is 0 Å². The molecule has 2 atom stereocenters. The van der Waals surface area contributed by atoms with Gasteiger partial charge in [0.2, 0.25) is 11.8 Å². The summed E-state index contributed by atoms with van der Waals surface area (Å²) in [7, 11) is 0. The van der Waals surface area contributed by atoms with Gasteiger partial charge in [-0.15, -0.1) is 11.8 Å². The van der Waals surface area contributed by atoms with Gasteiger partial charge in [0.1, 0.15) is 0 Å². The highest BCUT2D eigenvalue weighted by atomic mass is 32.2. The third-order valence-corrected chi connectivity index (χ3v) is 5.55. The maximum Gasteiger partial charge on any atom is 0.240 e. The molecule has 3 nitrogen and oxygen atoms in total. The van der Waals surface area contributed by atoms with Crippen LogP contribution in [0, 0.1) is 5.92 Å². The molecule has 2 amide bonds. The average molecular weight is 314 g/mol. The lowest BCUT2D eigenvalue weighted by molar-refractivity contribution is -0.125. The minimum absolute atomic E-state index is 0.0402. The van der Waals surface area contributed by atoms with Gasteiger partial charge in [-0.25, -0.2) is 0 Å². The second kappa shape index (κ2) is 11.1. The van der Waals surface area contributed by atoms with Gasteiger partial charge in [0.25, 0.3) is 0 Å². The summed E-state index contributed by atoms with van der Waals surface area (Å²) in [6.45, 7) is 4.40. The molecule has 0 aromatic rings. The molecule has 4 heteroatoms. The highest BCUT2D eigenvalue weighted by Crippen LogP contribution is 2.30. The fourth-order valence-corrected chi connectivity index (χ4v) is 4.11. The Morgan fingerprint density at radius 2 is 1.48 bits per heavy atom. The first kappa shape index (κ1) is 18.5. The first-order valence-electron chi connectivity index (χ1n) is 8.67. The smallest absolute Gasteiger partial charge is 0.240 e. The minimum Gasteiger partial charge on any atom is -0.295 e. The number of imide groups is 1. The molecule has 1 aliphatic rings. The van der Waals surface area contributed by atoms with Crippen molar-refractivity contribution in [3.05, 3.63) is 0 Å². The largest absolute Gasteiger partial charge is 0.295 e. The number of thioether (sulfide) groups is 1. The first-order chi connectivity index (χ1) is 10.2. The van der Waals surface area contributed by atoms with Crippen LogP contribution in [-0.2, 0) is 9.59 Å². The molecule has 21 heavy (non-hydrogen) atoms. The predicted molar refractivity (Wildman–Crippen MR) is 90.4 cm³/mol. The molecule has 0 aromatic carbocycles. The molecule has 0 aliphatic carbocycles. The second-order valence-corrected chi connectivity index (χ2v) is 7.26. The van der Waals surface area contributed by atoms with Crippen molar-refractivity contribution in [1.29, 1.82) is 0 Å². The van der Waals surface area contributed by atoms with E-state index in [0.29, 0.717) is 0 Å². The third kappa shape index (κ3) is 6.86. The Kier molecular flexibility index (Phi) is 9.81. The first-order valence-corrected chi connectivity index (χ1v) is 9.71. The Bertz CT molecular complexity index is 290. The van der Waals surface area contributed by atoms with Crippen LogP contribution in [0.2, 0.25) is 0 Å². The molecule has 2 unspecified atom stereocenters. The van der Waals surface area contributed by atoms with E-state index in [9.17, 15) is 9.59 Å². The molecule has 1 rings (SSSR count). The fraction of sp³-hybridized carbons (Fsp3) is 0.882. The van der Waals surface area contributed by atoms with Gasteiger partial charge >= 0.3 is 0 Å². The Morgan fingerprint density at radius 1 is 0.857 bits per heavy atom. The highest BCUT2D eigenvalue weighted by Gasteiger charge is 2.40. The van der Waals surface area contributed by atoms with E-state index in [1.165, 1.54) is 44.9 Å². The van der Waals surface area contributed by atoms with E-state index in [4.69, 9.17) is 0 Å². The van der Waals surface area contributed by atoms with Crippen molar-refractivity contribution in [2.45, 2.75) is 83.3 Å². The van der Waals surface area contributed by atoms with Gasteiger partial charge in [0.05, 0.1) is 11.2 Å². The molecule has 0 bridgehead atoms. The summed E-state index contributed by atoms with van der Waals surface area (Å²) in [5.41, 5.74) is 0. The summed E-state index contributed by atoms with van der Waals surface area (Å²) in [6.07, 6.45) is 11.7. The van der Waals surface area contributed by atoms with E-state index in [1.807, 2.05) is 0 Å². The molecule has 0 spiro atoms. The van der Waals surface area contributed by atoms with Gasteiger partial charge in [0.15, 0.2) is 0 Å². The molecular weight excluding hydrogens is 282 g/mol. The van der Waals surface area contributed by atoms with Crippen LogP contribution in [0.4, 0.5) is 0 Å². The van der Waals surface area contributed by atoms with Crippen LogP contribution in [0.5, 0.6) is 0 Å². The Morgan fingerprint density at radius 3 is 2.14 bits per heavy atom. The fourth-order valence-electron chi connectivity index (χ4n) is 2.79. The van der Waals surface area contributed by atoms with E-state index >= 15 is 0 Å². The number of hydrogen-bond donors (Lipinski definition) is 1. The van der Waals surface area contributed by atoms with Crippen molar-refractivity contribution < 1.29 is 9.59 Å². The van der Waals surface area contributed by atoms with E-state index in [0.717, 1.165) is 25.0 Å². The number of carbonyl (C=O) groups is 2. The summed E-state index contributed by atoms with van der Waals surface area (Å²) in [6, 6.07) is 0. The quantitative estimate of drug-likeness (QED) is 0.431. The summed E-state index contributed by atoms with van der Waals surface area (Å²) in [5.74, 6) is 0.813. The summed E-state index contributed by atoms with van der Waals surface area (Å²) in [5, 5.41) is 2.39. The molecule has 0 saturated carbocycles. The predicted octanol–water partition coefficient (Wildman–Crippen LogP) is 4.30. The standard InChI is InChI=1S/C17H31NO2S/c1-3-5-7-9-10-12-14-15(17(20)18-16(14)19)21-13-11-8-6-4-2/h14-15H,3-13H2,1-2H3,(H,18,19,20). The summed E-state index contributed by atoms with van der Waals surface area (Å²) < 4.78 is 0. The molecule has 0 radical (unpaired) electrons. The van der Waals surface area contributed by atoms with Crippen molar-refractivity contribution in [1.82, 2.24) is 5.32 Å². The van der Waals surface area contributed by atoms with E-state index in [2.05, 4.69) is 19.2 Å². The molecule has 122 valence electrons. The van der Waals surface area contributed by atoms with Gasteiger partial charge in [-0.1, -0.05) is 65.2 Å². The summed E-state index contributed by atoms with van der Waals surface area (Å²) >= 11 is 1.69. The molecule has 1 saturated heterocycles. The van der Waals surface area contributed by atoms with E-state index < -0.39 is 0 Å². The number of hydrogen-bond acceptors (Lipinski definition) is 3. The zero-order chi connectivity index (χ0) is 15.5. The van der Waals surface area contributed by atoms with Crippen molar-refractivity contribution in [2.24, 2.45) is 5.92 Å². The third-order valence-electron chi connectivity index (χ3n) is 4.12. The number of amides is 2. The zero-order valence-corrected chi connectivity index (χ0v) is 14.5. The van der Waals surface area contributed by atoms with Gasteiger partial charge in [-0.2, -0.15) is 0 Å². The second-order valence-electron chi connectivity index (χ2n) is 6.01. The van der Waals surface area contributed by atoms with Crippen LogP contribution in [0.1, 0.15) is 78.1 Å². The van der Waals surface area contributed by atoms with E-state index in [1.54, 1.807) is 11.8 Å². The Balaban J connectivity index is 2.28. The zero-order valence-electron chi connectivity index (χ0n) is 13.7. The van der Waals surface area contributed by atoms with Crippen LogP contribution < -0.4 is 5.32 Å². The SMILES string of the molecule is CCCCCCCC1C(=O)NC(=O)C1SCCCCCC. The molecule has 1 aliphatic heterocycles. The topological polar surface area (TPSA) is 46.2 Å². The van der Waals surface area contributed by atoms with Gasteiger partial charge in [-0.3, -0.25) is 14.9 Å². The Hall–Kier alpha value is -0.510. The number of rotatable bonds is 12. The maximum atomic E-state index is 11.9. The van der Waals surface area contributed by atoms with Crippen LogP contribution in [-0.4, -0.2) is 22.8 Å². The van der Waals surface area contributed by atoms with Gasteiger partial charge in [0, 0.05) is 0 Å². The normalized spacial score (nSPS) is 21.8. The number of nitrogens with one attached hydrogen (secondary N) is 1. The number of unbranched alkanes of at least 4 members (excludes halogenated alkanes) is 7. The highest BCUT2D eigenvalue weighted by molar-refractivity contribution is 8.00. The van der Waals surface area contributed by atoms with Crippen LogP contribution in [0.3, 0.4) is 0 Å². The van der Waals surface area contributed by atoms with Crippen molar-refractivity contribution >= 4 is 23.6 Å². The molecule has 0 aromatic heterocycles. The molecule has 1 heterocycles. The van der Waals surface area contributed by atoms with Crippen LogP contribution >= 0.6 is 11.8 Å². The lowest BCUT2D eigenvalue weighted by Crippen LogP contribution is -2.23. The Labute approximate surface area is 134 Å². The molecule has 1 N–H and O–H groups in total. The van der Waals surface area contributed by atoms with E-state index in [-0.39, 0.29) is 23.0 Å². The molecular formula is C17H31NO2S. The molecule has 1 fully saturated rings. The minimum atomic E-state index is -0.134. The van der Waals surface area contributed by atoms with Crippen molar-refractivity contribution in [2.75, 3.05) is 5.75 Å². The van der Waals surface area contributed by atoms with Crippen molar-refractivity contribution in [3.8, 4) is 0 Å². The maximum absolute atomic E-state index is 11.9. The van der Waals surface area contributed by atoms with Gasteiger partial charge in [-0.05, 0) is 18.6 Å². The lowest BCUT2D eigenvalue weighted by atomic mass is 9.98. The lowest BCUT2D eigenvalue weighted by Gasteiger charge is -2.14. The monoisotopic (exact) mass is 313 g/mol. The number of carbonyl (C=O) groups excluding carboxylic acids is 2. The summed E-state index contributed by atoms with van der Waals surface area (Å²) in [4.78, 5) is 23.8. The van der Waals surface area contributed by atoms with Crippen LogP contribution in [0.25, 0.3) is 0 Å². The van der Waals surface area contributed by atoms with Crippen LogP contribution in [0.15, 0.2) is 0 Å².